The van der Waals surface area contributed by atoms with Crippen LogP contribution in [0.25, 0.3) is 77.3 Å². The normalized spacial score (nSPS) is 17.9. The van der Waals surface area contributed by atoms with E-state index < -0.39 is 0 Å². The van der Waals surface area contributed by atoms with Crippen molar-refractivity contribution in [3.8, 4) is 22.3 Å². The first-order valence-electron chi connectivity index (χ1n) is 18.0. The number of allylic oxidation sites excluding steroid dienone is 6. The van der Waals surface area contributed by atoms with Gasteiger partial charge in [-0.1, -0.05) is 115 Å². The van der Waals surface area contributed by atoms with Crippen LogP contribution in [-0.4, -0.2) is 10.6 Å². The summed E-state index contributed by atoms with van der Waals surface area (Å²) in [7, 11) is 0. The van der Waals surface area contributed by atoms with E-state index in [-0.39, 0.29) is 12.0 Å². The number of hydrogen-bond acceptors (Lipinski definition) is 2. The van der Waals surface area contributed by atoms with Gasteiger partial charge in [0, 0.05) is 44.4 Å². The molecule has 6 aromatic carbocycles. The van der Waals surface area contributed by atoms with Crippen LogP contribution in [0.3, 0.4) is 0 Å². The second kappa shape index (κ2) is 11.1. The minimum Gasteiger partial charge on any atom is -0.456 e. The van der Waals surface area contributed by atoms with E-state index >= 15 is 0 Å². The average molecular weight is 655 g/mol. The highest BCUT2D eigenvalue weighted by atomic mass is 16.3. The summed E-state index contributed by atoms with van der Waals surface area (Å²) in [5.41, 5.74) is 15.7. The summed E-state index contributed by atoms with van der Waals surface area (Å²) in [5.74, 6) is 0.164. The van der Waals surface area contributed by atoms with Gasteiger partial charge in [-0.15, -0.1) is 0 Å². The molecule has 51 heavy (non-hydrogen) atoms. The maximum atomic E-state index is 6.32. The van der Waals surface area contributed by atoms with Gasteiger partial charge in [0.2, 0.25) is 0 Å². The SMILES string of the molecule is C1=CCCC(n2c3ccccc3c3cc(-c4ccc5c(c4)-c4ccccc4C4C=CC=C(c6cccc7oc8ccccc8c67)C4N5)ccc32)=C1. The molecule has 11 rings (SSSR count). The first-order valence-corrected chi connectivity index (χ1v) is 18.0. The molecule has 242 valence electrons. The molecule has 3 aliphatic rings. The molecule has 2 atom stereocenters. The zero-order valence-electron chi connectivity index (χ0n) is 28.0. The number of aromatic nitrogens is 1. The van der Waals surface area contributed by atoms with Crippen LogP contribution >= 0.6 is 0 Å². The van der Waals surface area contributed by atoms with Crippen LogP contribution in [0.15, 0.2) is 168 Å². The number of para-hydroxylation sites is 2. The fourth-order valence-corrected chi connectivity index (χ4v) is 8.92. The molecule has 1 aliphatic heterocycles. The molecule has 0 bridgehead atoms. The molecular weight excluding hydrogens is 621 g/mol. The molecule has 3 heteroatoms. The zero-order chi connectivity index (χ0) is 33.5. The summed E-state index contributed by atoms with van der Waals surface area (Å²) in [5, 5.41) is 8.98. The van der Waals surface area contributed by atoms with Crippen LogP contribution in [0.5, 0.6) is 0 Å². The number of nitrogens with one attached hydrogen (secondary N) is 1. The Labute approximate surface area is 296 Å². The molecule has 0 radical (unpaired) electrons. The summed E-state index contributed by atoms with van der Waals surface area (Å²) in [6, 6.07) is 46.7. The average Bonchev–Trinajstić information content (AvgIpc) is 3.70. The number of benzene rings is 6. The molecule has 0 fully saturated rings. The summed E-state index contributed by atoms with van der Waals surface area (Å²) in [4.78, 5) is 0. The molecule has 0 spiro atoms. The minimum absolute atomic E-state index is 0.0499. The maximum Gasteiger partial charge on any atom is 0.136 e. The standard InChI is InChI=1S/C48H34N2O/c1-2-12-32(13-3-1)50-43-21-8-6-16-35(43)41-29-31(25-27-44(41)50)30-24-26-42-40(28-30)34-15-5-4-14-33(34)37-19-10-20-38(48(37)49-42)36-18-11-23-46-47(36)39-17-7-9-22-45(39)51-46/h1-2,4-12,14-29,37,48-49H,3,13H2. The molecule has 2 aliphatic carbocycles. The fraction of sp³-hybridized carbons (Fsp3) is 0.0833. The highest BCUT2D eigenvalue weighted by Gasteiger charge is 2.34. The van der Waals surface area contributed by atoms with Gasteiger partial charge >= 0.3 is 0 Å². The maximum absolute atomic E-state index is 6.32. The number of anilines is 1. The van der Waals surface area contributed by atoms with E-state index in [1.54, 1.807) is 0 Å². The third-order valence-electron chi connectivity index (χ3n) is 11.2. The Balaban J connectivity index is 1.05. The minimum atomic E-state index is 0.0499. The first kappa shape index (κ1) is 28.5. The second-order valence-corrected chi connectivity index (χ2v) is 14.0. The molecule has 0 saturated carbocycles. The molecule has 2 unspecified atom stereocenters. The highest BCUT2D eigenvalue weighted by Crippen LogP contribution is 2.48. The fourth-order valence-electron chi connectivity index (χ4n) is 8.92. The summed E-state index contributed by atoms with van der Waals surface area (Å²) in [6.07, 6.45) is 15.7. The van der Waals surface area contributed by atoms with Gasteiger partial charge in [-0.25, -0.2) is 0 Å². The van der Waals surface area contributed by atoms with Gasteiger partial charge in [-0.05, 0) is 94.8 Å². The smallest absolute Gasteiger partial charge is 0.136 e. The summed E-state index contributed by atoms with van der Waals surface area (Å²) in [6.45, 7) is 0. The predicted octanol–water partition coefficient (Wildman–Crippen LogP) is 12.7. The van der Waals surface area contributed by atoms with Crippen LogP contribution in [0.1, 0.15) is 29.9 Å². The van der Waals surface area contributed by atoms with E-state index in [2.05, 4.69) is 168 Å². The number of nitrogens with zero attached hydrogens (tertiary/aromatic N) is 1. The van der Waals surface area contributed by atoms with Crippen molar-refractivity contribution in [1.82, 2.24) is 4.57 Å². The first-order chi connectivity index (χ1) is 25.3. The van der Waals surface area contributed by atoms with Crippen LogP contribution in [0, 0.1) is 0 Å². The molecule has 0 amide bonds. The highest BCUT2D eigenvalue weighted by molar-refractivity contribution is 6.12. The lowest BCUT2D eigenvalue weighted by Gasteiger charge is -2.31. The largest absolute Gasteiger partial charge is 0.456 e. The molecule has 3 heterocycles. The lowest BCUT2D eigenvalue weighted by molar-refractivity contribution is 0.669. The van der Waals surface area contributed by atoms with E-state index in [0.717, 1.165) is 35.1 Å². The third-order valence-corrected chi connectivity index (χ3v) is 11.2. The van der Waals surface area contributed by atoms with Gasteiger partial charge in [0.1, 0.15) is 11.2 Å². The van der Waals surface area contributed by atoms with Crippen molar-refractivity contribution in [1.29, 1.82) is 0 Å². The van der Waals surface area contributed by atoms with Crippen molar-refractivity contribution in [2.45, 2.75) is 24.8 Å². The molecule has 0 saturated heterocycles. The van der Waals surface area contributed by atoms with Crippen molar-refractivity contribution in [2.24, 2.45) is 0 Å². The number of furan rings is 1. The summed E-state index contributed by atoms with van der Waals surface area (Å²) >= 11 is 0. The van der Waals surface area contributed by atoms with Crippen molar-refractivity contribution >= 4 is 60.7 Å². The molecule has 2 aromatic heterocycles. The summed E-state index contributed by atoms with van der Waals surface area (Å²) < 4.78 is 8.78. The van der Waals surface area contributed by atoms with E-state index in [9.17, 15) is 0 Å². The van der Waals surface area contributed by atoms with Crippen LogP contribution in [0.2, 0.25) is 0 Å². The van der Waals surface area contributed by atoms with Crippen LogP contribution < -0.4 is 5.32 Å². The van der Waals surface area contributed by atoms with E-state index in [1.807, 2.05) is 6.07 Å². The Bertz CT molecular complexity index is 2850. The Morgan fingerprint density at radius 1 is 0.608 bits per heavy atom. The predicted molar refractivity (Wildman–Crippen MR) is 214 cm³/mol. The second-order valence-electron chi connectivity index (χ2n) is 14.0. The Morgan fingerprint density at radius 2 is 1.39 bits per heavy atom. The lowest BCUT2D eigenvalue weighted by atomic mass is 9.79. The van der Waals surface area contributed by atoms with Gasteiger partial charge in [0.15, 0.2) is 0 Å². The van der Waals surface area contributed by atoms with Crippen molar-refractivity contribution in [2.75, 3.05) is 5.32 Å². The molecule has 3 nitrogen and oxygen atoms in total. The van der Waals surface area contributed by atoms with Gasteiger partial charge in [-0.3, -0.25) is 0 Å². The lowest BCUT2D eigenvalue weighted by Crippen LogP contribution is -2.28. The third kappa shape index (κ3) is 4.31. The van der Waals surface area contributed by atoms with Gasteiger partial charge in [-0.2, -0.15) is 0 Å². The molecule has 8 aromatic rings. The van der Waals surface area contributed by atoms with E-state index in [0.29, 0.717) is 0 Å². The quantitative estimate of drug-likeness (QED) is 0.205. The Hall–Kier alpha value is -6.32. The Morgan fingerprint density at radius 3 is 2.33 bits per heavy atom. The number of fused-ring (bicyclic) bond motifs is 11. The topological polar surface area (TPSA) is 30.1 Å². The number of rotatable bonds is 3. The monoisotopic (exact) mass is 654 g/mol. The molecule has 1 N–H and O–H groups in total. The zero-order valence-corrected chi connectivity index (χ0v) is 28.0. The van der Waals surface area contributed by atoms with Gasteiger partial charge < -0.3 is 14.3 Å². The van der Waals surface area contributed by atoms with Crippen molar-refractivity contribution < 1.29 is 4.42 Å². The van der Waals surface area contributed by atoms with Crippen molar-refractivity contribution in [3.63, 3.8) is 0 Å². The van der Waals surface area contributed by atoms with E-state index in [4.69, 9.17) is 4.42 Å². The van der Waals surface area contributed by atoms with Crippen LogP contribution in [0.4, 0.5) is 5.69 Å². The van der Waals surface area contributed by atoms with Crippen molar-refractivity contribution in [3.05, 3.63) is 175 Å². The van der Waals surface area contributed by atoms with Crippen LogP contribution in [-0.2, 0) is 0 Å². The van der Waals surface area contributed by atoms with Gasteiger partial charge in [0.25, 0.3) is 0 Å². The number of hydrogen-bond donors (Lipinski definition) is 1. The Kier molecular flexibility index (Phi) is 6.20. The van der Waals surface area contributed by atoms with Gasteiger partial charge in [0.05, 0.1) is 17.1 Å². The molecular formula is C48H34N2O. The van der Waals surface area contributed by atoms with E-state index in [1.165, 1.54) is 71.8 Å².